The third-order valence-corrected chi connectivity index (χ3v) is 15.4. The Balaban J connectivity index is 1.11. The molecule has 0 aliphatic carbocycles. The predicted molar refractivity (Wildman–Crippen MR) is 254 cm³/mol. The molecule has 2 aromatic heterocycles. The molecule has 9 aromatic carbocycles. The molecule has 12 rings (SSSR count). The maximum absolute atomic E-state index is 16.6. The Morgan fingerprint density at radius 1 is 0.410 bits per heavy atom. The van der Waals surface area contributed by atoms with Crippen LogP contribution in [0, 0.1) is 0 Å². The second kappa shape index (κ2) is 14.0. The van der Waals surface area contributed by atoms with E-state index in [1.54, 1.807) is 0 Å². The average molecular weight is 798 g/mol. The third-order valence-electron chi connectivity index (χ3n) is 12.3. The number of rotatable bonds is 5. The molecule has 1 aliphatic heterocycles. The number of aromatic nitrogens is 3. The quantitative estimate of drug-likeness (QED) is 0.163. The number of hydrogen-bond donors (Lipinski definition) is 0. The lowest BCUT2D eigenvalue weighted by molar-refractivity contribution is 0.592. The Morgan fingerprint density at radius 3 is 1.84 bits per heavy atom. The van der Waals surface area contributed by atoms with E-state index in [0.717, 1.165) is 88.1 Å². The molecule has 0 N–H and O–H groups in total. The van der Waals surface area contributed by atoms with Gasteiger partial charge >= 0.3 is 0 Å². The Kier molecular flexibility index (Phi) is 8.09. The number of fused-ring (bicyclic) bond motifs is 9. The van der Waals surface area contributed by atoms with Crippen molar-refractivity contribution < 1.29 is 4.57 Å². The van der Waals surface area contributed by atoms with Crippen molar-refractivity contribution >= 4 is 55.6 Å². The fourth-order valence-corrected chi connectivity index (χ4v) is 12.5. The van der Waals surface area contributed by atoms with E-state index >= 15 is 4.57 Å². The summed E-state index contributed by atoms with van der Waals surface area (Å²) < 4.78 is 18.8. The second-order valence-electron chi connectivity index (χ2n) is 15.6. The van der Waals surface area contributed by atoms with E-state index in [4.69, 9.17) is 9.97 Å². The zero-order valence-corrected chi connectivity index (χ0v) is 33.9. The Morgan fingerprint density at radius 2 is 1.00 bits per heavy atom. The van der Waals surface area contributed by atoms with Crippen LogP contribution in [0.25, 0.3) is 94.4 Å². The van der Waals surface area contributed by atoms with E-state index in [1.165, 1.54) is 16.3 Å². The van der Waals surface area contributed by atoms with Crippen molar-refractivity contribution in [3.63, 3.8) is 0 Å². The minimum Gasteiger partial charge on any atom is -0.309 e. The van der Waals surface area contributed by atoms with Crippen LogP contribution in [0.15, 0.2) is 218 Å². The average Bonchev–Trinajstić information content (AvgIpc) is 3.64. The number of nitrogens with zero attached hydrogens (tertiary/aromatic N) is 3. The molecule has 0 radical (unpaired) electrons. The number of hydrogen-bond acceptors (Lipinski definition) is 3. The van der Waals surface area contributed by atoms with E-state index in [-0.39, 0.29) is 0 Å². The van der Waals surface area contributed by atoms with E-state index in [0.29, 0.717) is 5.95 Å². The maximum Gasteiger partial charge on any atom is 0.235 e. The summed E-state index contributed by atoms with van der Waals surface area (Å²) >= 11 is 0. The molecule has 4 nitrogen and oxygen atoms in total. The van der Waals surface area contributed by atoms with E-state index in [9.17, 15) is 0 Å². The van der Waals surface area contributed by atoms with Crippen molar-refractivity contribution in [2.24, 2.45) is 0 Å². The van der Waals surface area contributed by atoms with Crippen molar-refractivity contribution in [3.05, 3.63) is 218 Å². The molecule has 0 amide bonds. The summed E-state index contributed by atoms with van der Waals surface area (Å²) in [4.78, 5) is 10.8. The first-order valence-electron chi connectivity index (χ1n) is 20.6. The van der Waals surface area contributed by atoms with Gasteiger partial charge in [0.15, 0.2) is 7.14 Å². The van der Waals surface area contributed by atoms with Crippen molar-refractivity contribution in [1.82, 2.24) is 14.5 Å². The van der Waals surface area contributed by atoms with E-state index < -0.39 is 7.14 Å². The third kappa shape index (κ3) is 5.50. The van der Waals surface area contributed by atoms with Gasteiger partial charge in [-0.1, -0.05) is 200 Å². The second-order valence-corrected chi connectivity index (χ2v) is 18.3. The van der Waals surface area contributed by atoms with Gasteiger partial charge in [-0.25, -0.2) is 9.97 Å². The molecule has 0 unspecified atom stereocenters. The van der Waals surface area contributed by atoms with Gasteiger partial charge < -0.3 is 4.57 Å². The molecule has 0 spiro atoms. The van der Waals surface area contributed by atoms with Gasteiger partial charge in [-0.05, 0) is 56.8 Å². The zero-order chi connectivity index (χ0) is 40.5. The van der Waals surface area contributed by atoms with Gasteiger partial charge in [-0.15, -0.1) is 0 Å². The Hall–Kier alpha value is -7.65. The van der Waals surface area contributed by atoms with Crippen LogP contribution in [-0.2, 0) is 4.57 Å². The van der Waals surface area contributed by atoms with Crippen LogP contribution in [0.1, 0.15) is 0 Å². The molecule has 11 aromatic rings. The van der Waals surface area contributed by atoms with Crippen molar-refractivity contribution in [2.45, 2.75) is 0 Å². The maximum atomic E-state index is 16.6. The first-order valence-corrected chi connectivity index (χ1v) is 22.3. The SMILES string of the molecule is O=[P@@]1(c2cccc(-c3ccccc3)c2)c2ccccc2-c2c(n(-c3nc(-c4ccc(-c5cccc6ccccc56)cc4)c4ccccc4n3)c3ccccc23)-c2ccccc21. The number of para-hydroxylation sites is 2. The molecule has 0 bridgehead atoms. The molecule has 0 saturated carbocycles. The summed E-state index contributed by atoms with van der Waals surface area (Å²) in [7, 11) is -3.47. The molecule has 0 saturated heterocycles. The molecular formula is C56H36N3OP. The van der Waals surface area contributed by atoms with Gasteiger partial charge in [0.25, 0.3) is 0 Å². The number of benzene rings is 9. The normalized spacial score (nSPS) is 14.4. The minimum atomic E-state index is -3.47. The first kappa shape index (κ1) is 35.3. The van der Waals surface area contributed by atoms with Crippen LogP contribution in [0.4, 0.5) is 0 Å². The smallest absolute Gasteiger partial charge is 0.235 e. The monoisotopic (exact) mass is 797 g/mol. The lowest BCUT2D eigenvalue weighted by atomic mass is 9.96. The molecule has 1 aliphatic rings. The molecule has 3 heterocycles. The van der Waals surface area contributed by atoms with E-state index in [1.807, 2.05) is 54.6 Å². The summed E-state index contributed by atoms with van der Waals surface area (Å²) in [6.45, 7) is 0. The van der Waals surface area contributed by atoms with Gasteiger partial charge in [-0.3, -0.25) is 4.57 Å². The highest BCUT2D eigenvalue weighted by atomic mass is 31.2. The highest BCUT2D eigenvalue weighted by Gasteiger charge is 2.40. The van der Waals surface area contributed by atoms with Crippen LogP contribution < -0.4 is 15.9 Å². The van der Waals surface area contributed by atoms with E-state index in [2.05, 4.69) is 168 Å². The molecule has 1 atom stereocenters. The summed E-state index contributed by atoms with van der Waals surface area (Å²) in [5.74, 6) is 0.555. The summed E-state index contributed by atoms with van der Waals surface area (Å²) in [5, 5.41) is 6.87. The summed E-state index contributed by atoms with van der Waals surface area (Å²) in [5.41, 5.74) is 11.9. The standard InChI is InChI=1S/C56H36N3OP/c60-61(42-21-14-20-41(36-42)37-16-2-1-3-17-37)51-30-12-8-25-47(51)53-46-24-7-11-29-50(46)59(55(53)48-26-9-13-31-52(48)61)56-57-49-28-10-6-23-45(49)54(58-56)40-34-32-39(33-35-40)44-27-15-19-38-18-4-5-22-43(38)44/h1-36H/t61-/m0/s1. The van der Waals surface area contributed by atoms with Gasteiger partial charge in [0, 0.05) is 43.4 Å². The zero-order valence-electron chi connectivity index (χ0n) is 33.0. The van der Waals surface area contributed by atoms with Crippen LogP contribution >= 0.6 is 7.14 Å². The molecule has 286 valence electrons. The topological polar surface area (TPSA) is 47.8 Å². The van der Waals surface area contributed by atoms with Crippen molar-refractivity contribution in [2.75, 3.05) is 0 Å². The van der Waals surface area contributed by atoms with Crippen LogP contribution in [0.2, 0.25) is 0 Å². The fourth-order valence-electron chi connectivity index (χ4n) is 9.47. The largest absolute Gasteiger partial charge is 0.309 e. The summed E-state index contributed by atoms with van der Waals surface area (Å²) in [6.07, 6.45) is 0. The van der Waals surface area contributed by atoms with Crippen molar-refractivity contribution in [3.8, 4) is 61.8 Å². The molecular weight excluding hydrogens is 762 g/mol. The predicted octanol–water partition coefficient (Wildman–Crippen LogP) is 13.0. The lowest BCUT2D eigenvalue weighted by Crippen LogP contribution is -2.26. The molecule has 5 heteroatoms. The van der Waals surface area contributed by atoms with Gasteiger partial charge in [0.05, 0.1) is 22.4 Å². The minimum absolute atomic E-state index is 0.555. The highest BCUT2D eigenvalue weighted by Crippen LogP contribution is 2.54. The Bertz CT molecular complexity index is 3570. The molecule has 61 heavy (non-hydrogen) atoms. The first-order chi connectivity index (χ1) is 30.1. The van der Waals surface area contributed by atoms with Crippen LogP contribution in [0.5, 0.6) is 0 Å². The van der Waals surface area contributed by atoms with Crippen molar-refractivity contribution in [1.29, 1.82) is 0 Å². The van der Waals surface area contributed by atoms with Crippen LogP contribution in [0.3, 0.4) is 0 Å². The van der Waals surface area contributed by atoms with Gasteiger partial charge in [0.2, 0.25) is 5.95 Å². The fraction of sp³-hybridized carbons (Fsp3) is 0. The van der Waals surface area contributed by atoms with Gasteiger partial charge in [0.1, 0.15) is 0 Å². The summed E-state index contributed by atoms with van der Waals surface area (Å²) in [6, 6.07) is 75.6. The molecule has 0 fully saturated rings. The van der Waals surface area contributed by atoms with Crippen LogP contribution in [-0.4, -0.2) is 14.5 Å². The highest BCUT2D eigenvalue weighted by molar-refractivity contribution is 7.85. The Labute approximate surface area is 353 Å². The lowest BCUT2D eigenvalue weighted by Gasteiger charge is -2.23. The van der Waals surface area contributed by atoms with Gasteiger partial charge in [-0.2, -0.15) is 0 Å².